The van der Waals surface area contributed by atoms with Crippen molar-refractivity contribution < 1.29 is 14.3 Å². The number of carbonyl (C=O) groups excluding carboxylic acids is 1. The molecule has 1 aromatic carbocycles. The molecule has 0 fully saturated rings. The Morgan fingerprint density at radius 1 is 1.42 bits per heavy atom. The fraction of sp³-hybridized carbons (Fsp3) is 0.462. The molecule has 3 N–H and O–H groups in total. The molecule has 1 aromatic rings. The number of amides is 1. The van der Waals surface area contributed by atoms with Crippen molar-refractivity contribution >= 4 is 24.0 Å². The maximum absolute atomic E-state index is 11.8. The van der Waals surface area contributed by atoms with Crippen LogP contribution in [0.25, 0.3) is 0 Å². The van der Waals surface area contributed by atoms with Crippen LogP contribution in [-0.4, -0.2) is 32.3 Å². The first-order chi connectivity index (χ1) is 8.71. The molecule has 0 heterocycles. The van der Waals surface area contributed by atoms with Gasteiger partial charge in [-0.05, 0) is 19.1 Å². The monoisotopic (exact) mass is 288 g/mol. The number of methoxy groups -OCH3 is 1. The van der Waals surface area contributed by atoms with Crippen LogP contribution in [0.3, 0.4) is 0 Å². The Bertz CT molecular complexity index is 384. The van der Waals surface area contributed by atoms with E-state index in [1.165, 1.54) is 0 Å². The molecule has 5 nitrogen and oxygen atoms in total. The molecule has 0 aliphatic rings. The maximum Gasteiger partial charge on any atom is 0.227 e. The van der Waals surface area contributed by atoms with Gasteiger partial charge in [0.15, 0.2) is 0 Å². The van der Waals surface area contributed by atoms with Crippen LogP contribution >= 0.6 is 12.4 Å². The third kappa shape index (κ3) is 5.92. The molecule has 1 rings (SSSR count). The van der Waals surface area contributed by atoms with Crippen LogP contribution in [0.1, 0.15) is 13.3 Å². The van der Waals surface area contributed by atoms with Gasteiger partial charge in [-0.25, -0.2) is 0 Å². The molecule has 108 valence electrons. The molecule has 0 aliphatic heterocycles. The van der Waals surface area contributed by atoms with Crippen LogP contribution in [0.2, 0.25) is 0 Å². The Morgan fingerprint density at radius 2 is 2.11 bits per heavy atom. The van der Waals surface area contributed by atoms with Gasteiger partial charge < -0.3 is 20.5 Å². The zero-order valence-corrected chi connectivity index (χ0v) is 12.0. The minimum Gasteiger partial charge on any atom is -0.492 e. The second kappa shape index (κ2) is 9.61. The number of ether oxygens (including phenoxy) is 2. The van der Waals surface area contributed by atoms with Crippen LogP contribution in [-0.2, 0) is 9.53 Å². The lowest BCUT2D eigenvalue weighted by Gasteiger charge is -2.14. The Morgan fingerprint density at radius 3 is 2.68 bits per heavy atom. The molecule has 0 aliphatic carbocycles. The van der Waals surface area contributed by atoms with E-state index in [2.05, 4.69) is 5.32 Å². The first-order valence-electron chi connectivity index (χ1n) is 5.95. The number of benzene rings is 1. The van der Waals surface area contributed by atoms with Crippen molar-refractivity contribution in [2.45, 2.75) is 19.4 Å². The molecule has 0 aromatic heterocycles. The van der Waals surface area contributed by atoms with Gasteiger partial charge in [-0.1, -0.05) is 12.1 Å². The average Bonchev–Trinajstić information content (AvgIpc) is 2.38. The first-order valence-corrected chi connectivity index (χ1v) is 5.95. The van der Waals surface area contributed by atoms with E-state index in [1.807, 2.05) is 25.1 Å². The SMILES string of the molecule is CCOc1ccccc1NC(=O)CC(CN)OC.Cl. The second-order valence-electron chi connectivity index (χ2n) is 3.77. The summed E-state index contributed by atoms with van der Waals surface area (Å²) in [6, 6.07) is 7.32. The van der Waals surface area contributed by atoms with Crippen LogP contribution in [0.15, 0.2) is 24.3 Å². The molecule has 1 atom stereocenters. The van der Waals surface area contributed by atoms with Gasteiger partial charge >= 0.3 is 0 Å². The molecular formula is C13H21ClN2O3. The summed E-state index contributed by atoms with van der Waals surface area (Å²) in [5, 5.41) is 2.79. The Labute approximate surface area is 119 Å². The van der Waals surface area contributed by atoms with Gasteiger partial charge in [-0.2, -0.15) is 0 Å². The van der Waals surface area contributed by atoms with Gasteiger partial charge in [0, 0.05) is 13.7 Å². The van der Waals surface area contributed by atoms with Crippen LogP contribution < -0.4 is 15.8 Å². The largest absolute Gasteiger partial charge is 0.492 e. The summed E-state index contributed by atoms with van der Waals surface area (Å²) in [5.41, 5.74) is 6.14. The van der Waals surface area contributed by atoms with Crippen molar-refractivity contribution in [1.29, 1.82) is 0 Å². The van der Waals surface area contributed by atoms with E-state index in [4.69, 9.17) is 15.2 Å². The number of carbonyl (C=O) groups is 1. The molecule has 19 heavy (non-hydrogen) atoms. The summed E-state index contributed by atoms with van der Waals surface area (Å²) in [4.78, 5) is 11.8. The molecule has 0 saturated heterocycles. The Kier molecular flexibility index (Phi) is 8.95. The van der Waals surface area contributed by atoms with E-state index in [0.29, 0.717) is 24.6 Å². The van der Waals surface area contributed by atoms with Crippen molar-refractivity contribution in [3.63, 3.8) is 0 Å². The molecular weight excluding hydrogens is 268 g/mol. The van der Waals surface area contributed by atoms with Gasteiger partial charge in [0.05, 0.1) is 24.8 Å². The number of halogens is 1. The predicted molar refractivity (Wildman–Crippen MR) is 78.0 cm³/mol. The molecule has 0 radical (unpaired) electrons. The van der Waals surface area contributed by atoms with E-state index in [-0.39, 0.29) is 30.8 Å². The average molecular weight is 289 g/mol. The summed E-state index contributed by atoms with van der Waals surface area (Å²) in [7, 11) is 1.54. The lowest BCUT2D eigenvalue weighted by molar-refractivity contribution is -0.118. The number of hydrogen-bond acceptors (Lipinski definition) is 4. The van der Waals surface area contributed by atoms with E-state index < -0.39 is 0 Å². The number of nitrogens with one attached hydrogen (secondary N) is 1. The van der Waals surface area contributed by atoms with Gasteiger partial charge in [0.1, 0.15) is 5.75 Å². The number of nitrogens with two attached hydrogens (primary N) is 1. The Balaban J connectivity index is 0.00000324. The lowest BCUT2D eigenvalue weighted by atomic mass is 10.2. The third-order valence-corrected chi connectivity index (χ3v) is 2.47. The number of anilines is 1. The highest BCUT2D eigenvalue weighted by atomic mass is 35.5. The predicted octanol–water partition coefficient (Wildman–Crippen LogP) is 1.81. The number of hydrogen-bond donors (Lipinski definition) is 2. The van der Waals surface area contributed by atoms with Gasteiger partial charge in [-0.3, -0.25) is 4.79 Å². The first kappa shape index (κ1) is 17.7. The van der Waals surface area contributed by atoms with Crippen molar-refractivity contribution in [2.24, 2.45) is 5.73 Å². The minimum absolute atomic E-state index is 0. The van der Waals surface area contributed by atoms with E-state index in [9.17, 15) is 4.79 Å². The summed E-state index contributed by atoms with van der Waals surface area (Å²) in [6.07, 6.45) is -0.0303. The van der Waals surface area contributed by atoms with Crippen molar-refractivity contribution in [3.8, 4) is 5.75 Å². The summed E-state index contributed by atoms with van der Waals surface area (Å²) < 4.78 is 10.5. The van der Waals surface area contributed by atoms with Crippen molar-refractivity contribution in [1.82, 2.24) is 0 Å². The highest BCUT2D eigenvalue weighted by molar-refractivity contribution is 5.92. The van der Waals surface area contributed by atoms with Crippen molar-refractivity contribution in [3.05, 3.63) is 24.3 Å². The standard InChI is InChI=1S/C13H20N2O3.ClH/c1-3-18-12-7-5-4-6-11(12)15-13(16)8-10(9-14)17-2;/h4-7,10H,3,8-9,14H2,1-2H3,(H,15,16);1H. The third-order valence-electron chi connectivity index (χ3n) is 2.47. The second-order valence-corrected chi connectivity index (χ2v) is 3.77. The van der Waals surface area contributed by atoms with Gasteiger partial charge in [0.2, 0.25) is 5.91 Å². The van der Waals surface area contributed by atoms with Crippen LogP contribution in [0.4, 0.5) is 5.69 Å². The van der Waals surface area contributed by atoms with Crippen LogP contribution in [0.5, 0.6) is 5.75 Å². The normalized spacial score (nSPS) is 11.3. The fourth-order valence-corrected chi connectivity index (χ4v) is 1.52. The molecule has 0 bridgehead atoms. The number of para-hydroxylation sites is 2. The van der Waals surface area contributed by atoms with Crippen LogP contribution in [0, 0.1) is 0 Å². The zero-order valence-electron chi connectivity index (χ0n) is 11.2. The molecule has 0 saturated carbocycles. The number of rotatable bonds is 7. The maximum atomic E-state index is 11.8. The zero-order chi connectivity index (χ0) is 13.4. The molecule has 0 spiro atoms. The van der Waals surface area contributed by atoms with E-state index in [0.717, 1.165) is 0 Å². The molecule has 6 heteroatoms. The highest BCUT2D eigenvalue weighted by Crippen LogP contribution is 2.23. The van der Waals surface area contributed by atoms with Crippen molar-refractivity contribution in [2.75, 3.05) is 25.6 Å². The highest BCUT2D eigenvalue weighted by Gasteiger charge is 2.13. The molecule has 1 unspecified atom stereocenters. The van der Waals surface area contributed by atoms with Gasteiger partial charge in [-0.15, -0.1) is 12.4 Å². The quantitative estimate of drug-likeness (QED) is 0.802. The topological polar surface area (TPSA) is 73.6 Å². The smallest absolute Gasteiger partial charge is 0.227 e. The van der Waals surface area contributed by atoms with Gasteiger partial charge in [0.25, 0.3) is 0 Å². The summed E-state index contributed by atoms with van der Waals surface area (Å²) in [6.45, 7) is 2.77. The fourth-order valence-electron chi connectivity index (χ4n) is 1.52. The summed E-state index contributed by atoms with van der Waals surface area (Å²) in [5.74, 6) is 0.523. The van der Waals surface area contributed by atoms with E-state index >= 15 is 0 Å². The minimum atomic E-state index is -0.260. The lowest BCUT2D eigenvalue weighted by Crippen LogP contribution is -2.28. The Hall–Kier alpha value is -1.30. The van der Waals surface area contributed by atoms with E-state index in [1.54, 1.807) is 13.2 Å². The molecule has 1 amide bonds. The summed E-state index contributed by atoms with van der Waals surface area (Å²) >= 11 is 0.